The van der Waals surface area contributed by atoms with E-state index in [1.807, 2.05) is 62.4 Å². The summed E-state index contributed by atoms with van der Waals surface area (Å²) in [7, 11) is 0. The molecule has 0 fully saturated rings. The first-order chi connectivity index (χ1) is 21.0. The molecule has 10 heteroatoms. The summed E-state index contributed by atoms with van der Waals surface area (Å²) in [6, 6.07) is 14.6. The molecule has 2 aliphatic carbocycles. The fraction of sp³-hybridized carbons (Fsp3) is 0.441. The number of aliphatic hydroxyl groups excluding tert-OH is 1. The van der Waals surface area contributed by atoms with E-state index in [1.165, 1.54) is 0 Å². The second-order valence-electron chi connectivity index (χ2n) is 12.2. The number of rotatable bonds is 13. The number of unbranched alkanes of at least 4 members (excludes halogenated alkanes) is 2. The number of benzene rings is 2. The van der Waals surface area contributed by atoms with E-state index in [-0.39, 0.29) is 29.5 Å². The van der Waals surface area contributed by atoms with Gasteiger partial charge in [0.1, 0.15) is 18.4 Å². The van der Waals surface area contributed by atoms with Gasteiger partial charge in [0.25, 0.3) is 0 Å². The van der Waals surface area contributed by atoms with E-state index in [1.54, 1.807) is 6.92 Å². The van der Waals surface area contributed by atoms with Crippen molar-refractivity contribution in [3.8, 4) is 11.1 Å². The van der Waals surface area contributed by atoms with Crippen molar-refractivity contribution in [2.75, 3.05) is 19.7 Å². The number of carboxylic acids is 1. The third-order valence-electron chi connectivity index (χ3n) is 8.03. The Morgan fingerprint density at radius 2 is 1.64 bits per heavy atom. The third-order valence-corrected chi connectivity index (χ3v) is 8.03. The van der Waals surface area contributed by atoms with Crippen LogP contribution in [0.5, 0.6) is 0 Å². The maximum absolute atomic E-state index is 12.7. The van der Waals surface area contributed by atoms with Gasteiger partial charge in [-0.1, -0.05) is 62.4 Å². The number of Topliss-reactive ketones (excluding diaryl/α,β-unsaturated/α-hetero) is 1. The van der Waals surface area contributed by atoms with Gasteiger partial charge in [0, 0.05) is 37.6 Å². The molecule has 2 aromatic rings. The van der Waals surface area contributed by atoms with Gasteiger partial charge in [-0.3, -0.25) is 19.4 Å². The number of amides is 2. The summed E-state index contributed by atoms with van der Waals surface area (Å²) in [5.74, 6) is -1.98. The summed E-state index contributed by atoms with van der Waals surface area (Å²) in [5.41, 5.74) is 4.86. The molecule has 2 aromatic carbocycles. The maximum atomic E-state index is 12.7. The number of aliphatic hydroxyl groups is 1. The quantitative estimate of drug-likeness (QED) is 0.179. The summed E-state index contributed by atoms with van der Waals surface area (Å²) < 4.78 is 5.48. The monoisotopic (exact) mass is 603 g/mol. The summed E-state index contributed by atoms with van der Waals surface area (Å²) in [4.78, 5) is 53.7. The number of hydrogen-bond donors (Lipinski definition) is 4. The van der Waals surface area contributed by atoms with Gasteiger partial charge in [0.15, 0.2) is 5.78 Å². The second kappa shape index (κ2) is 14.3. The topological polar surface area (TPSA) is 154 Å². The molecule has 0 aromatic heterocycles. The minimum atomic E-state index is -1.28. The zero-order valence-corrected chi connectivity index (χ0v) is 25.5. The van der Waals surface area contributed by atoms with E-state index >= 15 is 0 Å². The number of aliphatic carboxylic acids is 1. The van der Waals surface area contributed by atoms with Crippen molar-refractivity contribution in [1.29, 1.82) is 0 Å². The van der Waals surface area contributed by atoms with Gasteiger partial charge >= 0.3 is 12.1 Å². The minimum absolute atomic E-state index is 0.0479. The van der Waals surface area contributed by atoms with Crippen LogP contribution in [0, 0.1) is 5.41 Å². The number of carbonyl (C=O) groups excluding carboxylic acids is 3. The van der Waals surface area contributed by atoms with Crippen LogP contribution < -0.4 is 10.6 Å². The molecular formula is C34H41N3O7. The number of ether oxygens (including phenoxy) is 1. The Bertz CT molecular complexity index is 1430. The number of carboxylic acid groups (broad SMARTS) is 1. The molecule has 4 N–H and O–H groups in total. The molecule has 4 rings (SSSR count). The number of nitrogens with zero attached hydrogens (tertiary/aromatic N) is 1. The average Bonchev–Trinajstić information content (AvgIpc) is 3.27. The van der Waals surface area contributed by atoms with Crippen molar-refractivity contribution in [3.05, 3.63) is 71.0 Å². The van der Waals surface area contributed by atoms with Crippen molar-refractivity contribution in [2.24, 2.45) is 10.4 Å². The highest BCUT2D eigenvalue weighted by Gasteiger charge is 2.34. The third kappa shape index (κ3) is 8.12. The highest BCUT2D eigenvalue weighted by Crippen LogP contribution is 2.44. The lowest BCUT2D eigenvalue weighted by molar-refractivity contribution is -0.139. The van der Waals surface area contributed by atoms with Crippen LogP contribution in [0.25, 0.3) is 11.1 Å². The lowest BCUT2D eigenvalue weighted by Gasteiger charge is -2.29. The number of fused-ring (bicyclic) bond motifs is 3. The Balaban J connectivity index is 1.21. The lowest BCUT2D eigenvalue weighted by Crippen LogP contribution is -2.48. The van der Waals surface area contributed by atoms with Crippen LogP contribution in [0.4, 0.5) is 4.79 Å². The molecule has 0 heterocycles. The molecule has 0 aliphatic heterocycles. The van der Waals surface area contributed by atoms with Crippen LogP contribution in [-0.2, 0) is 19.1 Å². The fourth-order valence-corrected chi connectivity index (χ4v) is 5.94. The van der Waals surface area contributed by atoms with Crippen molar-refractivity contribution < 1.29 is 34.1 Å². The predicted octanol–water partition coefficient (Wildman–Crippen LogP) is 5.32. The minimum Gasteiger partial charge on any atom is -0.511 e. The van der Waals surface area contributed by atoms with Crippen molar-refractivity contribution in [3.63, 3.8) is 0 Å². The Morgan fingerprint density at radius 1 is 1.00 bits per heavy atom. The first-order valence-electron chi connectivity index (χ1n) is 15.0. The Kier molecular flexibility index (Phi) is 10.6. The van der Waals surface area contributed by atoms with Crippen molar-refractivity contribution in [1.82, 2.24) is 10.6 Å². The Hall–Kier alpha value is -4.47. The summed E-state index contributed by atoms with van der Waals surface area (Å²) >= 11 is 0. The number of hydrogen-bond acceptors (Lipinski definition) is 7. The zero-order valence-electron chi connectivity index (χ0n) is 25.5. The standard InChI is InChI=1S/C34H41N3O7/c1-21(31-28(38)18-34(2,3)19-29(31)39)35-15-9-4-10-16-36-32(42)27(17-30(40)41)37-33(43)44-20-26-24-13-7-5-11-22(24)23-12-6-8-14-25(23)26/h5-8,11-14,26-27,38H,4,9-10,15-20H2,1-3H3,(H,36,42)(H,37,43)(H,40,41)/t27-/m0/s1. The SMILES string of the molecule is CC(=NCCCCCNC(=O)[C@H](CC(=O)O)NC(=O)OCC1c2ccccc2-c2ccccc21)C1=C(O)CC(C)(C)CC1=O. The van der Waals surface area contributed by atoms with E-state index in [2.05, 4.69) is 15.6 Å². The van der Waals surface area contributed by atoms with Crippen LogP contribution in [0.1, 0.15) is 76.3 Å². The van der Waals surface area contributed by atoms with E-state index in [4.69, 9.17) is 4.74 Å². The van der Waals surface area contributed by atoms with Crippen LogP contribution >= 0.6 is 0 Å². The fourth-order valence-electron chi connectivity index (χ4n) is 5.94. The first kappa shape index (κ1) is 32.4. The number of nitrogens with one attached hydrogen (secondary N) is 2. The van der Waals surface area contributed by atoms with Gasteiger partial charge in [-0.15, -0.1) is 0 Å². The summed E-state index contributed by atoms with van der Waals surface area (Å²) in [6.45, 7) is 6.44. The zero-order chi connectivity index (χ0) is 31.9. The summed E-state index contributed by atoms with van der Waals surface area (Å²) in [5, 5.41) is 24.8. The van der Waals surface area contributed by atoms with Crippen LogP contribution in [0.2, 0.25) is 0 Å². The largest absolute Gasteiger partial charge is 0.511 e. The molecule has 2 amide bonds. The van der Waals surface area contributed by atoms with E-state index in [9.17, 15) is 29.4 Å². The van der Waals surface area contributed by atoms with Crippen LogP contribution in [0.3, 0.4) is 0 Å². The molecule has 0 bridgehead atoms. The molecule has 0 radical (unpaired) electrons. The average molecular weight is 604 g/mol. The lowest BCUT2D eigenvalue weighted by atomic mass is 9.76. The Labute approximate surface area is 257 Å². The van der Waals surface area contributed by atoms with Gasteiger partial charge in [-0.2, -0.15) is 0 Å². The van der Waals surface area contributed by atoms with Crippen LogP contribution in [-0.4, -0.2) is 65.4 Å². The van der Waals surface area contributed by atoms with Crippen molar-refractivity contribution >= 4 is 29.5 Å². The van der Waals surface area contributed by atoms with Crippen LogP contribution in [0.15, 0.2) is 64.9 Å². The number of alkyl carbamates (subject to hydrolysis) is 1. The van der Waals surface area contributed by atoms with E-state index in [0.29, 0.717) is 50.1 Å². The number of aliphatic imine (C=N–C) groups is 1. The smallest absolute Gasteiger partial charge is 0.407 e. The molecule has 234 valence electrons. The Morgan fingerprint density at radius 3 is 2.25 bits per heavy atom. The molecule has 1 atom stereocenters. The highest BCUT2D eigenvalue weighted by atomic mass is 16.5. The molecule has 0 saturated carbocycles. The normalized spacial score (nSPS) is 16.6. The second-order valence-corrected chi connectivity index (χ2v) is 12.2. The number of ketones is 1. The highest BCUT2D eigenvalue weighted by molar-refractivity contribution is 6.22. The summed E-state index contributed by atoms with van der Waals surface area (Å²) in [6.07, 6.45) is 1.43. The van der Waals surface area contributed by atoms with Gasteiger partial charge in [-0.25, -0.2) is 4.79 Å². The van der Waals surface area contributed by atoms with Gasteiger partial charge < -0.3 is 25.6 Å². The van der Waals surface area contributed by atoms with E-state index in [0.717, 1.165) is 28.7 Å². The molecule has 0 spiro atoms. The van der Waals surface area contributed by atoms with Gasteiger partial charge in [-0.05, 0) is 53.9 Å². The molecule has 0 unspecified atom stereocenters. The number of allylic oxidation sites excluding steroid dienone is 2. The molecular weight excluding hydrogens is 562 g/mol. The molecule has 2 aliphatic rings. The molecule has 10 nitrogen and oxygen atoms in total. The maximum Gasteiger partial charge on any atom is 0.407 e. The predicted molar refractivity (Wildman–Crippen MR) is 167 cm³/mol. The van der Waals surface area contributed by atoms with Crippen molar-refractivity contribution in [2.45, 2.75) is 71.3 Å². The van der Waals surface area contributed by atoms with Gasteiger partial charge in [0.2, 0.25) is 5.91 Å². The molecule has 0 saturated heterocycles. The van der Waals surface area contributed by atoms with Gasteiger partial charge in [0.05, 0.1) is 12.0 Å². The molecule has 44 heavy (non-hydrogen) atoms. The van der Waals surface area contributed by atoms with E-state index < -0.39 is 30.4 Å². The number of carbonyl (C=O) groups is 4. The first-order valence-corrected chi connectivity index (χ1v) is 15.0.